The average Bonchev–Trinajstić information content (AvgIpc) is 3.48. The molecule has 0 bridgehead atoms. The molecule has 1 aliphatic heterocycles. The zero-order valence-electron chi connectivity index (χ0n) is 17.2. The Morgan fingerprint density at radius 1 is 1.23 bits per heavy atom. The van der Waals surface area contributed by atoms with Gasteiger partial charge in [-0.1, -0.05) is 17.6 Å². The summed E-state index contributed by atoms with van der Waals surface area (Å²) in [6.45, 7) is 5.28. The minimum atomic E-state index is -0.213. The van der Waals surface area contributed by atoms with Gasteiger partial charge in [-0.15, -0.1) is 11.3 Å². The molecule has 1 amide bonds. The lowest BCUT2D eigenvalue weighted by Gasteiger charge is -2.34. The van der Waals surface area contributed by atoms with E-state index in [1.54, 1.807) is 17.4 Å². The lowest BCUT2D eigenvalue weighted by Crippen LogP contribution is -2.40. The quantitative estimate of drug-likeness (QED) is 0.564. The molecule has 3 aromatic rings. The smallest absolute Gasteiger partial charge is 0.273 e. The first kappa shape index (κ1) is 20.6. The molecule has 0 radical (unpaired) electrons. The van der Waals surface area contributed by atoms with E-state index < -0.39 is 0 Å². The van der Waals surface area contributed by atoms with Crippen molar-refractivity contribution >= 4 is 17.2 Å². The minimum Gasteiger partial charge on any atom is -0.494 e. The van der Waals surface area contributed by atoms with Crippen LogP contribution in [0, 0.1) is 0 Å². The number of aromatic nitrogens is 1. The van der Waals surface area contributed by atoms with Crippen molar-refractivity contribution in [3.05, 3.63) is 58.4 Å². The van der Waals surface area contributed by atoms with E-state index in [2.05, 4.69) is 32.9 Å². The molecule has 0 unspecified atom stereocenters. The predicted molar refractivity (Wildman–Crippen MR) is 118 cm³/mol. The molecule has 2 aromatic heterocycles. The number of piperidine rings is 1. The molecule has 1 atom stereocenters. The van der Waals surface area contributed by atoms with Gasteiger partial charge in [-0.2, -0.15) is 0 Å². The first-order chi connectivity index (χ1) is 14.7. The van der Waals surface area contributed by atoms with Crippen molar-refractivity contribution < 1.29 is 14.1 Å². The van der Waals surface area contributed by atoms with Crippen molar-refractivity contribution in [2.45, 2.75) is 32.2 Å². The number of amides is 1. The fourth-order valence-corrected chi connectivity index (χ4v) is 4.66. The summed E-state index contributed by atoms with van der Waals surface area (Å²) in [6, 6.07) is 13.7. The highest BCUT2D eigenvalue weighted by Gasteiger charge is 2.24. The average molecular weight is 426 g/mol. The molecule has 0 spiro atoms. The van der Waals surface area contributed by atoms with E-state index in [0.717, 1.165) is 24.4 Å². The maximum atomic E-state index is 12.7. The van der Waals surface area contributed by atoms with Crippen LogP contribution in [0.15, 0.2) is 52.4 Å². The van der Waals surface area contributed by atoms with E-state index in [9.17, 15) is 4.79 Å². The van der Waals surface area contributed by atoms with Crippen LogP contribution in [0.25, 0.3) is 11.3 Å². The summed E-state index contributed by atoms with van der Waals surface area (Å²) in [5, 5.41) is 9.13. The van der Waals surface area contributed by atoms with Gasteiger partial charge in [-0.05, 0) is 68.6 Å². The normalized spacial score (nSPS) is 15.6. The number of benzene rings is 1. The summed E-state index contributed by atoms with van der Waals surface area (Å²) in [5.74, 6) is 1.15. The molecule has 1 saturated heterocycles. The third-order valence-corrected chi connectivity index (χ3v) is 6.33. The second kappa shape index (κ2) is 9.91. The molecule has 0 aliphatic carbocycles. The van der Waals surface area contributed by atoms with Crippen molar-refractivity contribution in [2.75, 3.05) is 26.2 Å². The predicted octanol–water partition coefficient (Wildman–Crippen LogP) is 4.76. The Kier molecular flexibility index (Phi) is 6.81. The van der Waals surface area contributed by atoms with E-state index in [-0.39, 0.29) is 11.9 Å². The third kappa shape index (κ3) is 4.91. The van der Waals surface area contributed by atoms with Gasteiger partial charge in [0.1, 0.15) is 5.75 Å². The number of nitrogens with zero attached hydrogens (tertiary/aromatic N) is 2. The molecular weight excluding hydrogens is 398 g/mol. The second-order valence-corrected chi connectivity index (χ2v) is 8.35. The van der Waals surface area contributed by atoms with Gasteiger partial charge in [0.15, 0.2) is 11.5 Å². The molecule has 7 heteroatoms. The molecule has 158 valence electrons. The zero-order valence-corrected chi connectivity index (χ0v) is 18.0. The van der Waals surface area contributed by atoms with Crippen LogP contribution in [0.4, 0.5) is 0 Å². The minimum absolute atomic E-state index is 0.201. The van der Waals surface area contributed by atoms with Gasteiger partial charge in [0.05, 0.1) is 12.6 Å². The van der Waals surface area contributed by atoms with Crippen molar-refractivity contribution in [2.24, 2.45) is 0 Å². The number of nitrogens with one attached hydrogen (secondary N) is 1. The topological polar surface area (TPSA) is 67.6 Å². The van der Waals surface area contributed by atoms with Gasteiger partial charge in [0, 0.05) is 23.1 Å². The third-order valence-electron chi connectivity index (χ3n) is 5.35. The second-order valence-electron chi connectivity index (χ2n) is 7.37. The Morgan fingerprint density at radius 2 is 2.03 bits per heavy atom. The van der Waals surface area contributed by atoms with E-state index >= 15 is 0 Å². The first-order valence-corrected chi connectivity index (χ1v) is 11.4. The maximum Gasteiger partial charge on any atom is 0.273 e. The summed E-state index contributed by atoms with van der Waals surface area (Å²) in [4.78, 5) is 16.5. The molecule has 1 N–H and O–H groups in total. The summed E-state index contributed by atoms with van der Waals surface area (Å²) in [5.41, 5.74) is 1.15. The van der Waals surface area contributed by atoms with Crippen LogP contribution in [-0.4, -0.2) is 42.2 Å². The van der Waals surface area contributed by atoms with Crippen molar-refractivity contribution in [3.8, 4) is 17.1 Å². The number of thiophene rings is 1. The fraction of sp³-hybridized carbons (Fsp3) is 0.391. The molecule has 1 fully saturated rings. The molecule has 1 aromatic carbocycles. The zero-order chi connectivity index (χ0) is 20.8. The molecule has 4 rings (SSSR count). The summed E-state index contributed by atoms with van der Waals surface area (Å²) in [7, 11) is 0. The Labute approximate surface area is 180 Å². The van der Waals surface area contributed by atoms with E-state index in [1.165, 1.54) is 24.1 Å². The number of carbonyl (C=O) groups is 1. The number of hydrogen-bond donors (Lipinski definition) is 1. The standard InChI is InChI=1S/C23H27N3O3S/c1-2-28-18-10-8-17(9-11-18)21-15-19(25-29-21)23(27)24-16-20(22-7-6-14-30-22)26-12-4-3-5-13-26/h6-11,14-15,20H,2-5,12-13,16H2,1H3,(H,24,27)/t20-/m0/s1. The lowest BCUT2D eigenvalue weighted by molar-refractivity contribution is 0.0917. The number of rotatable bonds is 8. The summed E-state index contributed by atoms with van der Waals surface area (Å²) >= 11 is 1.74. The Balaban J connectivity index is 1.40. The van der Waals surface area contributed by atoms with Crippen molar-refractivity contribution in [1.82, 2.24) is 15.4 Å². The van der Waals surface area contributed by atoms with Crippen molar-refractivity contribution in [1.29, 1.82) is 0 Å². The molecule has 3 heterocycles. The van der Waals surface area contributed by atoms with Crippen LogP contribution < -0.4 is 10.1 Å². The van der Waals surface area contributed by atoms with E-state index in [4.69, 9.17) is 9.26 Å². The largest absolute Gasteiger partial charge is 0.494 e. The van der Waals surface area contributed by atoms with E-state index in [0.29, 0.717) is 24.6 Å². The Hall–Kier alpha value is -2.64. The van der Waals surface area contributed by atoms with Gasteiger partial charge in [-0.25, -0.2) is 0 Å². The number of ether oxygens (including phenoxy) is 1. The van der Waals surface area contributed by atoms with Crippen LogP contribution in [0.5, 0.6) is 5.75 Å². The number of carbonyl (C=O) groups excluding carboxylic acids is 1. The molecule has 1 aliphatic rings. The van der Waals surface area contributed by atoms with E-state index in [1.807, 2.05) is 31.2 Å². The molecular formula is C23H27N3O3S. The maximum absolute atomic E-state index is 12.7. The van der Waals surface area contributed by atoms with Gasteiger partial charge in [0.25, 0.3) is 5.91 Å². The Bertz CT molecular complexity index is 931. The van der Waals surface area contributed by atoms with Gasteiger partial charge >= 0.3 is 0 Å². The highest BCUT2D eigenvalue weighted by atomic mass is 32.1. The van der Waals surface area contributed by atoms with Gasteiger partial charge in [-0.3, -0.25) is 9.69 Å². The van der Waals surface area contributed by atoms with Crippen LogP contribution in [-0.2, 0) is 0 Å². The number of likely N-dealkylation sites (tertiary alicyclic amines) is 1. The number of hydrogen-bond acceptors (Lipinski definition) is 6. The van der Waals surface area contributed by atoms with Crippen LogP contribution in [0.3, 0.4) is 0 Å². The molecule has 30 heavy (non-hydrogen) atoms. The summed E-state index contributed by atoms with van der Waals surface area (Å²) in [6.07, 6.45) is 3.71. The van der Waals surface area contributed by atoms with Gasteiger partial charge < -0.3 is 14.6 Å². The molecule has 6 nitrogen and oxygen atoms in total. The fourth-order valence-electron chi connectivity index (χ4n) is 3.80. The van der Waals surface area contributed by atoms with Crippen LogP contribution in [0.1, 0.15) is 47.6 Å². The van der Waals surface area contributed by atoms with Gasteiger partial charge in [0.2, 0.25) is 0 Å². The highest BCUT2D eigenvalue weighted by molar-refractivity contribution is 7.10. The Morgan fingerprint density at radius 3 is 2.73 bits per heavy atom. The highest BCUT2D eigenvalue weighted by Crippen LogP contribution is 2.28. The summed E-state index contributed by atoms with van der Waals surface area (Å²) < 4.78 is 10.9. The van der Waals surface area contributed by atoms with Crippen LogP contribution in [0.2, 0.25) is 0 Å². The molecule has 0 saturated carbocycles. The van der Waals surface area contributed by atoms with Crippen LogP contribution >= 0.6 is 11.3 Å². The lowest BCUT2D eigenvalue weighted by atomic mass is 10.1. The van der Waals surface area contributed by atoms with Crippen molar-refractivity contribution in [3.63, 3.8) is 0 Å². The first-order valence-electron chi connectivity index (χ1n) is 10.5. The monoisotopic (exact) mass is 425 g/mol. The SMILES string of the molecule is CCOc1ccc(-c2cc(C(=O)NC[C@@H](c3cccs3)N3CCCCC3)no2)cc1.